The van der Waals surface area contributed by atoms with Crippen molar-refractivity contribution in [2.24, 2.45) is 0 Å². The molecule has 0 radical (unpaired) electrons. The number of para-hydroxylation sites is 1. The van der Waals surface area contributed by atoms with Gasteiger partial charge >= 0.3 is 0 Å². The molecule has 0 aromatic heterocycles. The zero-order valence-electron chi connectivity index (χ0n) is 12.1. The van der Waals surface area contributed by atoms with Crippen LogP contribution in [-0.2, 0) is 4.79 Å². The Morgan fingerprint density at radius 1 is 1.30 bits per heavy atom. The second-order valence-corrected chi connectivity index (χ2v) is 5.48. The fraction of sp³-hybridized carbons (Fsp3) is 0.467. The molecular weight excluding hydrogens is 252 g/mol. The molecule has 3 N–H and O–H groups in total. The van der Waals surface area contributed by atoms with Crippen molar-refractivity contribution in [2.75, 3.05) is 38.5 Å². The van der Waals surface area contributed by atoms with Gasteiger partial charge in [-0.25, -0.2) is 0 Å². The highest BCUT2D eigenvalue weighted by Crippen LogP contribution is 2.13. The third kappa shape index (κ3) is 3.35. The number of amides is 1. The number of anilines is 1. The van der Waals surface area contributed by atoms with E-state index in [2.05, 4.69) is 18.4 Å². The lowest BCUT2D eigenvalue weighted by atomic mass is 10.1. The summed E-state index contributed by atoms with van der Waals surface area (Å²) >= 11 is 0. The molecule has 1 aromatic rings. The minimum atomic E-state index is -0.0881. The molecule has 1 aliphatic heterocycles. The van der Waals surface area contributed by atoms with Crippen LogP contribution in [0.15, 0.2) is 24.3 Å². The van der Waals surface area contributed by atoms with Gasteiger partial charge < -0.3 is 15.1 Å². The average Bonchev–Trinajstić information content (AvgIpc) is 2.48. The highest BCUT2D eigenvalue weighted by atomic mass is 16.2. The summed E-state index contributed by atoms with van der Waals surface area (Å²) in [6, 6.07) is 9.12. The maximum Gasteiger partial charge on any atom is 0.282 e. The number of carbonyl (C=O) groups excluding carboxylic acids is 1. The van der Waals surface area contributed by atoms with Crippen LogP contribution in [0.1, 0.15) is 12.5 Å². The van der Waals surface area contributed by atoms with Crippen LogP contribution in [0.3, 0.4) is 0 Å². The van der Waals surface area contributed by atoms with Gasteiger partial charge in [-0.1, -0.05) is 12.1 Å². The Morgan fingerprint density at radius 2 is 1.95 bits per heavy atom. The molecule has 1 saturated heterocycles. The standard InChI is InChI=1S/C15H20N4O/c1-12(19-9-7-18(2)8-10-19)15(20)17-14-6-4-3-5-13(14)11-16/h3-6,12H,7-10H2,1-2H3,(H,17,20)/p+2/t12-/m1/s1. The molecule has 1 aliphatic rings. The van der Waals surface area contributed by atoms with Gasteiger partial charge in [0.2, 0.25) is 0 Å². The zero-order chi connectivity index (χ0) is 14.5. The van der Waals surface area contributed by atoms with E-state index >= 15 is 0 Å². The van der Waals surface area contributed by atoms with Crippen LogP contribution in [0.2, 0.25) is 0 Å². The first-order valence-corrected chi connectivity index (χ1v) is 7.07. The molecule has 5 heteroatoms. The molecule has 106 valence electrons. The van der Waals surface area contributed by atoms with E-state index in [1.54, 1.807) is 18.2 Å². The second kappa shape index (κ2) is 6.51. The molecule has 1 heterocycles. The van der Waals surface area contributed by atoms with Crippen LogP contribution in [0.5, 0.6) is 0 Å². The largest absolute Gasteiger partial charge is 0.328 e. The van der Waals surface area contributed by atoms with E-state index < -0.39 is 0 Å². The van der Waals surface area contributed by atoms with E-state index in [1.807, 2.05) is 13.0 Å². The maximum atomic E-state index is 12.3. The average molecular weight is 274 g/mol. The van der Waals surface area contributed by atoms with Crippen molar-refractivity contribution in [1.29, 1.82) is 5.26 Å². The van der Waals surface area contributed by atoms with Gasteiger partial charge in [0.25, 0.3) is 5.91 Å². The maximum absolute atomic E-state index is 12.3. The Morgan fingerprint density at radius 3 is 2.60 bits per heavy atom. The van der Waals surface area contributed by atoms with E-state index in [0.717, 1.165) is 26.2 Å². The molecule has 0 aliphatic carbocycles. The van der Waals surface area contributed by atoms with Crippen LogP contribution >= 0.6 is 0 Å². The molecule has 0 bridgehead atoms. The van der Waals surface area contributed by atoms with Gasteiger partial charge in [-0.05, 0) is 19.1 Å². The van der Waals surface area contributed by atoms with Gasteiger partial charge in [-0.15, -0.1) is 0 Å². The molecule has 0 unspecified atom stereocenters. The van der Waals surface area contributed by atoms with Crippen molar-refractivity contribution in [3.05, 3.63) is 29.8 Å². The van der Waals surface area contributed by atoms with E-state index in [4.69, 9.17) is 5.26 Å². The molecule has 0 saturated carbocycles. The number of hydrogen-bond donors (Lipinski definition) is 3. The number of likely N-dealkylation sites (N-methyl/N-ethyl adjacent to an activating group) is 1. The number of piperazine rings is 1. The minimum absolute atomic E-state index is 0.0118. The van der Waals surface area contributed by atoms with Gasteiger partial charge in [-0.3, -0.25) is 4.79 Å². The minimum Gasteiger partial charge on any atom is -0.328 e. The van der Waals surface area contributed by atoms with Crippen molar-refractivity contribution >= 4 is 11.6 Å². The SMILES string of the molecule is C[C@H](C(=O)Nc1ccccc1C#N)[NH+]1CC[NH+](C)CC1. The number of benzene rings is 1. The number of nitriles is 1. The summed E-state index contributed by atoms with van der Waals surface area (Å²) in [6.45, 7) is 6.18. The van der Waals surface area contributed by atoms with Crippen molar-refractivity contribution in [3.63, 3.8) is 0 Å². The van der Waals surface area contributed by atoms with Gasteiger partial charge in [0.1, 0.15) is 32.2 Å². The Hall–Kier alpha value is -1.90. The van der Waals surface area contributed by atoms with Crippen molar-refractivity contribution in [2.45, 2.75) is 13.0 Å². The van der Waals surface area contributed by atoms with Crippen LogP contribution in [0, 0.1) is 11.3 Å². The van der Waals surface area contributed by atoms with Gasteiger partial charge in [-0.2, -0.15) is 5.26 Å². The number of hydrogen-bond acceptors (Lipinski definition) is 2. The normalized spacial score (nSPS) is 23.6. The topological polar surface area (TPSA) is 61.8 Å². The van der Waals surface area contributed by atoms with Gasteiger partial charge in [0.05, 0.1) is 18.3 Å². The van der Waals surface area contributed by atoms with Gasteiger partial charge in [0, 0.05) is 0 Å². The third-order valence-electron chi connectivity index (χ3n) is 4.06. The lowest BCUT2D eigenvalue weighted by Crippen LogP contribution is -3.29. The summed E-state index contributed by atoms with van der Waals surface area (Å²) in [6.07, 6.45) is 0. The number of nitrogens with one attached hydrogen (secondary N) is 3. The number of rotatable bonds is 3. The lowest BCUT2D eigenvalue weighted by molar-refractivity contribution is -1.01. The fourth-order valence-electron chi connectivity index (χ4n) is 2.55. The predicted octanol–water partition coefficient (Wildman–Crippen LogP) is -1.70. The number of quaternary nitrogens is 2. The van der Waals surface area contributed by atoms with Gasteiger partial charge in [0.15, 0.2) is 6.04 Å². The summed E-state index contributed by atoms with van der Waals surface area (Å²) in [5.41, 5.74) is 1.11. The Bertz CT molecular complexity index is 515. The highest BCUT2D eigenvalue weighted by molar-refractivity contribution is 5.94. The third-order valence-corrected chi connectivity index (χ3v) is 4.06. The first-order chi connectivity index (χ1) is 9.61. The van der Waals surface area contributed by atoms with Crippen molar-refractivity contribution in [1.82, 2.24) is 0 Å². The highest BCUT2D eigenvalue weighted by Gasteiger charge is 2.29. The predicted molar refractivity (Wildman–Crippen MR) is 76.6 cm³/mol. The van der Waals surface area contributed by atoms with Crippen LogP contribution in [-0.4, -0.2) is 45.2 Å². The Kier molecular flexibility index (Phi) is 4.72. The molecule has 1 amide bonds. The number of nitrogens with zero attached hydrogens (tertiary/aromatic N) is 1. The molecule has 20 heavy (non-hydrogen) atoms. The molecule has 0 spiro atoms. The van der Waals surface area contributed by atoms with Crippen molar-refractivity contribution in [3.8, 4) is 6.07 Å². The summed E-state index contributed by atoms with van der Waals surface area (Å²) < 4.78 is 0. The molecule has 1 fully saturated rings. The summed E-state index contributed by atoms with van der Waals surface area (Å²) in [5.74, 6) is -0.0118. The smallest absolute Gasteiger partial charge is 0.282 e. The first-order valence-electron chi connectivity index (χ1n) is 7.07. The molecule has 1 aromatic carbocycles. The lowest BCUT2D eigenvalue weighted by Gasteiger charge is -2.30. The van der Waals surface area contributed by atoms with Crippen LogP contribution < -0.4 is 15.1 Å². The van der Waals surface area contributed by atoms with E-state index in [9.17, 15) is 4.79 Å². The fourth-order valence-corrected chi connectivity index (χ4v) is 2.55. The number of carbonyl (C=O) groups is 1. The van der Waals surface area contributed by atoms with E-state index in [1.165, 1.54) is 9.80 Å². The second-order valence-electron chi connectivity index (χ2n) is 5.48. The van der Waals surface area contributed by atoms with Crippen LogP contribution in [0.4, 0.5) is 5.69 Å². The molecule has 2 rings (SSSR count). The Balaban J connectivity index is 1.99. The van der Waals surface area contributed by atoms with Crippen molar-refractivity contribution < 1.29 is 14.6 Å². The summed E-state index contributed by atoms with van der Waals surface area (Å²) in [7, 11) is 2.19. The monoisotopic (exact) mass is 274 g/mol. The molecular formula is C15H22N4O+2. The summed E-state index contributed by atoms with van der Waals surface area (Å²) in [5, 5.41) is 11.9. The zero-order valence-corrected chi connectivity index (χ0v) is 12.1. The molecule has 5 nitrogen and oxygen atoms in total. The van der Waals surface area contributed by atoms with Crippen LogP contribution in [0.25, 0.3) is 0 Å². The molecule has 1 atom stereocenters. The first kappa shape index (κ1) is 14.5. The van der Waals surface area contributed by atoms with E-state index in [-0.39, 0.29) is 11.9 Å². The quantitative estimate of drug-likeness (QED) is 0.615. The van der Waals surface area contributed by atoms with E-state index in [0.29, 0.717) is 11.3 Å². The summed E-state index contributed by atoms with van der Waals surface area (Å²) in [4.78, 5) is 15.2. The Labute approximate surface area is 119 Å².